The topological polar surface area (TPSA) is 71.7 Å². The fourth-order valence-electron chi connectivity index (χ4n) is 3.43. The van der Waals surface area contributed by atoms with Crippen LogP contribution < -0.4 is 0 Å². The van der Waals surface area contributed by atoms with Gasteiger partial charge in [-0.25, -0.2) is 4.98 Å². The Labute approximate surface area is 174 Å². The van der Waals surface area contributed by atoms with Crippen molar-refractivity contribution >= 4 is 28.2 Å². The molecular weight excluding hydrogens is 388 g/mol. The molecule has 0 N–H and O–H groups in total. The van der Waals surface area contributed by atoms with E-state index in [1.807, 2.05) is 24.4 Å². The van der Waals surface area contributed by atoms with Crippen molar-refractivity contribution in [2.75, 3.05) is 33.4 Å². The lowest BCUT2D eigenvalue weighted by Crippen LogP contribution is -2.35. The highest BCUT2D eigenvalue weighted by Crippen LogP contribution is 2.23. The fourth-order valence-corrected chi connectivity index (χ4v) is 4.25. The minimum absolute atomic E-state index is 0.00107. The predicted octanol–water partition coefficient (Wildman–Crippen LogP) is 2.93. The van der Waals surface area contributed by atoms with E-state index in [-0.39, 0.29) is 12.3 Å². The van der Waals surface area contributed by atoms with E-state index in [4.69, 9.17) is 14.2 Å². The van der Waals surface area contributed by atoms with Crippen molar-refractivity contribution in [3.63, 3.8) is 0 Å². The smallest absolute Gasteiger partial charge is 0.228 e. The summed E-state index contributed by atoms with van der Waals surface area (Å²) in [5.41, 5.74) is 4.65. The summed E-state index contributed by atoms with van der Waals surface area (Å²) >= 11 is 1.65. The molecule has 29 heavy (non-hydrogen) atoms. The molecular formula is C21H26N4O3S. The van der Waals surface area contributed by atoms with Crippen LogP contribution in [0.5, 0.6) is 0 Å². The molecule has 0 aliphatic carbocycles. The summed E-state index contributed by atoms with van der Waals surface area (Å²) in [6, 6.07) is 4.02. The average molecular weight is 415 g/mol. The summed E-state index contributed by atoms with van der Waals surface area (Å²) in [5.74, 6) is 0.00107. The van der Waals surface area contributed by atoms with E-state index in [1.54, 1.807) is 23.3 Å². The summed E-state index contributed by atoms with van der Waals surface area (Å²) < 4.78 is 10.8. The highest BCUT2D eigenvalue weighted by Gasteiger charge is 2.18. The average Bonchev–Trinajstić information content (AvgIpc) is 3.30. The van der Waals surface area contributed by atoms with Gasteiger partial charge in [-0.05, 0) is 37.1 Å². The van der Waals surface area contributed by atoms with Crippen molar-refractivity contribution in [1.82, 2.24) is 19.9 Å². The molecule has 0 spiro atoms. The van der Waals surface area contributed by atoms with Crippen LogP contribution in [-0.2, 0) is 29.0 Å². The number of rotatable bonds is 6. The first-order chi connectivity index (χ1) is 14.0. The number of amides is 1. The number of hydrogen-bond donors (Lipinski definition) is 0. The molecule has 1 saturated heterocycles. The normalized spacial score (nSPS) is 15.1. The molecule has 2 aromatic heterocycles. The van der Waals surface area contributed by atoms with Crippen LogP contribution in [0.3, 0.4) is 0 Å². The molecule has 0 saturated carbocycles. The lowest BCUT2D eigenvalue weighted by Gasteiger charge is -2.25. The first kappa shape index (κ1) is 20.0. The summed E-state index contributed by atoms with van der Waals surface area (Å²) in [6.07, 6.45) is 0.219. The molecule has 0 atom stereocenters. The molecule has 3 heterocycles. The maximum absolute atomic E-state index is 12.7. The largest absolute Gasteiger partial charge is 0.379 e. The highest BCUT2D eigenvalue weighted by molar-refractivity contribution is 7.09. The summed E-state index contributed by atoms with van der Waals surface area (Å²) in [5, 5.41) is 8.16. The molecule has 8 heteroatoms. The third-order valence-electron chi connectivity index (χ3n) is 5.37. The zero-order chi connectivity index (χ0) is 20.4. The van der Waals surface area contributed by atoms with Gasteiger partial charge in [0.2, 0.25) is 5.91 Å². The van der Waals surface area contributed by atoms with Crippen LogP contribution in [0.1, 0.15) is 27.5 Å². The highest BCUT2D eigenvalue weighted by atomic mass is 32.1. The molecule has 4 rings (SSSR count). The minimum atomic E-state index is 0.00107. The second-order valence-electron chi connectivity index (χ2n) is 7.61. The number of nitrogens with zero attached hydrogens (tertiary/aromatic N) is 4. The van der Waals surface area contributed by atoms with Gasteiger partial charge in [0.15, 0.2) is 5.58 Å². The Balaban J connectivity index is 1.37. The molecule has 1 fully saturated rings. The van der Waals surface area contributed by atoms with Crippen LogP contribution in [0.4, 0.5) is 0 Å². The van der Waals surface area contributed by atoms with Gasteiger partial charge in [-0.3, -0.25) is 9.69 Å². The zero-order valence-electron chi connectivity index (χ0n) is 17.1. The summed E-state index contributed by atoms with van der Waals surface area (Å²) in [4.78, 5) is 21.5. The summed E-state index contributed by atoms with van der Waals surface area (Å²) in [7, 11) is 1.81. The number of fused-ring (bicyclic) bond motifs is 1. The molecule has 1 amide bonds. The molecule has 0 radical (unpaired) electrons. The molecule has 3 aromatic rings. The number of aryl methyl sites for hydroxylation is 2. The van der Waals surface area contributed by atoms with Gasteiger partial charge in [0, 0.05) is 30.9 Å². The van der Waals surface area contributed by atoms with Crippen molar-refractivity contribution < 1.29 is 14.1 Å². The van der Waals surface area contributed by atoms with Gasteiger partial charge in [-0.2, -0.15) is 0 Å². The van der Waals surface area contributed by atoms with E-state index in [9.17, 15) is 4.79 Å². The quantitative estimate of drug-likeness (QED) is 0.618. The number of aromatic nitrogens is 2. The molecule has 154 valence electrons. The maximum Gasteiger partial charge on any atom is 0.228 e. The van der Waals surface area contributed by atoms with E-state index in [2.05, 4.69) is 17.0 Å². The Morgan fingerprint density at radius 1 is 1.24 bits per heavy atom. The Morgan fingerprint density at radius 2 is 2.00 bits per heavy atom. The zero-order valence-corrected chi connectivity index (χ0v) is 17.9. The third-order valence-corrected chi connectivity index (χ3v) is 6.25. The van der Waals surface area contributed by atoms with Crippen LogP contribution in [0.2, 0.25) is 0 Å². The molecule has 1 aliphatic rings. The van der Waals surface area contributed by atoms with Crippen LogP contribution in [-0.4, -0.2) is 59.2 Å². The first-order valence-corrected chi connectivity index (χ1v) is 10.7. The van der Waals surface area contributed by atoms with Crippen LogP contribution in [0.15, 0.2) is 22.0 Å². The van der Waals surface area contributed by atoms with Crippen LogP contribution >= 0.6 is 11.3 Å². The van der Waals surface area contributed by atoms with E-state index < -0.39 is 0 Å². The molecule has 7 nitrogen and oxygen atoms in total. The number of thiazole rings is 1. The van der Waals surface area contributed by atoms with E-state index >= 15 is 0 Å². The monoisotopic (exact) mass is 414 g/mol. The Bertz CT molecular complexity index is 1010. The lowest BCUT2D eigenvalue weighted by molar-refractivity contribution is -0.129. The van der Waals surface area contributed by atoms with E-state index in [0.29, 0.717) is 12.2 Å². The standard InChI is InChI=1S/C21H26N4O3S/c1-14-8-17-18(23-28-19(17)9-15(14)2)10-21(26)24(3)11-16-13-29-20(22-16)12-25-4-6-27-7-5-25/h8-9,13H,4-7,10-12H2,1-3H3. The lowest BCUT2D eigenvalue weighted by atomic mass is 10.1. The SMILES string of the molecule is Cc1cc2onc(CC(=O)N(C)Cc3csc(CN4CCOCC4)n3)c2cc1C. The van der Waals surface area contributed by atoms with Crippen molar-refractivity contribution in [3.8, 4) is 0 Å². The van der Waals surface area contributed by atoms with Gasteiger partial charge in [0.05, 0.1) is 38.4 Å². The minimum Gasteiger partial charge on any atom is -0.379 e. The van der Waals surface area contributed by atoms with E-state index in [0.717, 1.165) is 65.6 Å². The Kier molecular flexibility index (Phi) is 5.94. The fraction of sp³-hybridized carbons (Fsp3) is 0.476. The Hall–Kier alpha value is -2.29. The number of ether oxygens (including phenoxy) is 1. The number of carbonyl (C=O) groups is 1. The van der Waals surface area contributed by atoms with Gasteiger partial charge in [0.1, 0.15) is 10.7 Å². The van der Waals surface area contributed by atoms with Crippen molar-refractivity contribution in [2.45, 2.75) is 33.4 Å². The number of benzene rings is 1. The second-order valence-corrected chi connectivity index (χ2v) is 8.55. The number of hydrogen-bond acceptors (Lipinski definition) is 7. The van der Waals surface area contributed by atoms with Gasteiger partial charge in [-0.15, -0.1) is 11.3 Å². The predicted molar refractivity (Wildman–Crippen MR) is 112 cm³/mol. The van der Waals surface area contributed by atoms with E-state index in [1.165, 1.54) is 0 Å². The Morgan fingerprint density at radius 3 is 2.79 bits per heavy atom. The number of morpholine rings is 1. The van der Waals surface area contributed by atoms with Crippen LogP contribution in [0, 0.1) is 13.8 Å². The molecule has 0 unspecified atom stereocenters. The number of likely N-dealkylation sites (N-methyl/N-ethyl adjacent to an activating group) is 1. The molecule has 0 bridgehead atoms. The number of carbonyl (C=O) groups excluding carboxylic acids is 1. The van der Waals surface area contributed by atoms with Gasteiger partial charge < -0.3 is 14.2 Å². The van der Waals surface area contributed by atoms with Gasteiger partial charge >= 0.3 is 0 Å². The van der Waals surface area contributed by atoms with Crippen LogP contribution in [0.25, 0.3) is 11.0 Å². The van der Waals surface area contributed by atoms with Crippen molar-refractivity contribution in [2.24, 2.45) is 0 Å². The maximum atomic E-state index is 12.7. The second kappa shape index (κ2) is 8.61. The molecule has 1 aliphatic heterocycles. The first-order valence-electron chi connectivity index (χ1n) is 9.82. The van der Waals surface area contributed by atoms with Gasteiger partial charge in [0.25, 0.3) is 0 Å². The summed E-state index contributed by atoms with van der Waals surface area (Å²) in [6.45, 7) is 8.88. The van der Waals surface area contributed by atoms with Crippen molar-refractivity contribution in [3.05, 3.63) is 45.0 Å². The van der Waals surface area contributed by atoms with Crippen molar-refractivity contribution in [1.29, 1.82) is 0 Å². The van der Waals surface area contributed by atoms with Gasteiger partial charge in [-0.1, -0.05) is 5.16 Å². The third kappa shape index (κ3) is 4.66. The molecule has 1 aromatic carbocycles.